The van der Waals surface area contributed by atoms with Gasteiger partial charge < -0.3 is 11.1 Å². The molecule has 0 saturated heterocycles. The van der Waals surface area contributed by atoms with Crippen LogP contribution in [0.3, 0.4) is 0 Å². The van der Waals surface area contributed by atoms with Crippen LogP contribution < -0.4 is 11.1 Å². The average Bonchev–Trinajstić information content (AvgIpc) is 1.96. The van der Waals surface area contributed by atoms with Crippen molar-refractivity contribution in [1.29, 1.82) is 0 Å². The van der Waals surface area contributed by atoms with Crippen molar-refractivity contribution < 1.29 is 17.8 Å². The molecule has 0 aromatic heterocycles. The van der Waals surface area contributed by atoms with Crippen molar-refractivity contribution in [2.75, 3.05) is 16.7 Å². The highest BCUT2D eigenvalue weighted by Gasteiger charge is 2.19. The molecule has 78 valence electrons. The zero-order valence-corrected chi connectivity index (χ0v) is 9.71. The molecule has 0 aromatic rings. The van der Waals surface area contributed by atoms with Gasteiger partial charge in [0.25, 0.3) is 10.1 Å². The van der Waals surface area contributed by atoms with Gasteiger partial charge in [0.1, 0.15) is 6.04 Å². The smallest absolute Gasteiger partial charge is 0.266 e. The molecule has 0 aliphatic carbocycles. The van der Waals surface area contributed by atoms with E-state index in [1.807, 2.05) is 22.6 Å². The lowest BCUT2D eigenvalue weighted by atomic mass is 10.3. The first-order valence-electron chi connectivity index (χ1n) is 3.41. The van der Waals surface area contributed by atoms with Crippen LogP contribution in [0.2, 0.25) is 0 Å². The number of carbonyl (C=O) groups is 1. The molecule has 4 N–H and O–H groups in total. The maximum absolute atomic E-state index is 11.0. The van der Waals surface area contributed by atoms with Crippen molar-refractivity contribution in [2.24, 2.45) is 5.73 Å². The van der Waals surface area contributed by atoms with Crippen molar-refractivity contribution in [3.05, 3.63) is 0 Å². The number of halogens is 1. The second kappa shape index (κ2) is 5.73. The molecule has 1 unspecified atom stereocenters. The monoisotopic (exact) mass is 322 g/mol. The lowest BCUT2D eigenvalue weighted by Gasteiger charge is -2.08. The zero-order chi connectivity index (χ0) is 10.5. The Morgan fingerprint density at radius 3 is 2.54 bits per heavy atom. The Labute approximate surface area is 90.1 Å². The summed E-state index contributed by atoms with van der Waals surface area (Å²) in [6.07, 6.45) is 0. The number of rotatable bonds is 5. The van der Waals surface area contributed by atoms with Gasteiger partial charge >= 0.3 is 0 Å². The van der Waals surface area contributed by atoms with Crippen molar-refractivity contribution in [2.45, 2.75) is 6.04 Å². The Kier molecular flexibility index (Phi) is 5.76. The van der Waals surface area contributed by atoms with Gasteiger partial charge in [-0.2, -0.15) is 8.42 Å². The van der Waals surface area contributed by atoms with E-state index in [1.165, 1.54) is 0 Å². The summed E-state index contributed by atoms with van der Waals surface area (Å²) in [6, 6.07) is -1.21. The molecule has 0 rings (SSSR count). The van der Waals surface area contributed by atoms with Gasteiger partial charge in [0.15, 0.2) is 0 Å². The molecule has 0 aromatic carbocycles. The highest BCUT2D eigenvalue weighted by Crippen LogP contribution is 1.88. The number of carbonyl (C=O) groups excluding carboxylic acids is 1. The second-order valence-electron chi connectivity index (χ2n) is 2.34. The van der Waals surface area contributed by atoms with Crippen molar-refractivity contribution in [3.63, 3.8) is 0 Å². The van der Waals surface area contributed by atoms with E-state index in [0.717, 1.165) is 0 Å². The van der Waals surface area contributed by atoms with Crippen LogP contribution in [0.4, 0.5) is 0 Å². The first-order chi connectivity index (χ1) is 5.87. The van der Waals surface area contributed by atoms with Gasteiger partial charge in [0, 0.05) is 11.0 Å². The van der Waals surface area contributed by atoms with E-state index in [1.54, 1.807) is 0 Å². The summed E-state index contributed by atoms with van der Waals surface area (Å²) in [4.78, 5) is 11.0. The van der Waals surface area contributed by atoms with Gasteiger partial charge in [-0.1, -0.05) is 22.6 Å². The third-order valence-corrected chi connectivity index (χ3v) is 2.44. The van der Waals surface area contributed by atoms with Crippen LogP contribution in [-0.2, 0) is 14.9 Å². The van der Waals surface area contributed by atoms with E-state index in [-0.39, 0.29) is 0 Å². The van der Waals surface area contributed by atoms with Gasteiger partial charge in [-0.3, -0.25) is 9.35 Å². The summed E-state index contributed by atoms with van der Waals surface area (Å²) in [6.45, 7) is 0.429. The Hall–Kier alpha value is 0.0700. The number of alkyl halides is 1. The topological polar surface area (TPSA) is 109 Å². The predicted molar refractivity (Wildman–Crippen MR) is 56.3 cm³/mol. The first kappa shape index (κ1) is 13.1. The molecule has 1 amide bonds. The second-order valence-corrected chi connectivity index (χ2v) is 4.91. The lowest BCUT2D eigenvalue weighted by molar-refractivity contribution is -0.121. The highest BCUT2D eigenvalue weighted by molar-refractivity contribution is 14.1. The predicted octanol–water partition coefficient (Wildman–Crippen LogP) is -1.25. The van der Waals surface area contributed by atoms with Gasteiger partial charge in [0.05, 0.1) is 5.75 Å². The molecule has 1 atom stereocenters. The van der Waals surface area contributed by atoms with Crippen LogP contribution >= 0.6 is 22.6 Å². The summed E-state index contributed by atoms with van der Waals surface area (Å²) in [7, 11) is -4.18. The zero-order valence-electron chi connectivity index (χ0n) is 6.73. The number of hydrogen-bond acceptors (Lipinski definition) is 4. The van der Waals surface area contributed by atoms with Crippen LogP contribution in [0.15, 0.2) is 0 Å². The van der Waals surface area contributed by atoms with Crippen LogP contribution in [0.1, 0.15) is 0 Å². The summed E-state index contributed by atoms with van der Waals surface area (Å²) >= 11 is 2.05. The molecule has 0 fully saturated rings. The minimum atomic E-state index is -4.18. The summed E-state index contributed by atoms with van der Waals surface area (Å²) < 4.78 is 29.7. The SMILES string of the molecule is NC(CS(=O)(=O)O)C(=O)NCCI. The lowest BCUT2D eigenvalue weighted by Crippen LogP contribution is -2.45. The molecule has 0 spiro atoms. The molecule has 0 aliphatic rings. The minimum Gasteiger partial charge on any atom is -0.354 e. The number of nitrogens with two attached hydrogens (primary N) is 1. The van der Waals surface area contributed by atoms with E-state index in [4.69, 9.17) is 10.3 Å². The largest absolute Gasteiger partial charge is 0.354 e. The Morgan fingerprint density at radius 2 is 2.15 bits per heavy atom. The minimum absolute atomic E-state index is 0.429. The molecular weight excluding hydrogens is 311 g/mol. The molecule has 0 aliphatic heterocycles. The first-order valence-corrected chi connectivity index (χ1v) is 6.54. The molecular formula is C5H11IN2O4S. The third-order valence-electron chi connectivity index (χ3n) is 1.12. The third kappa shape index (κ3) is 7.16. The van der Waals surface area contributed by atoms with Crippen LogP contribution in [0, 0.1) is 0 Å². The maximum atomic E-state index is 11.0. The van der Waals surface area contributed by atoms with E-state index >= 15 is 0 Å². The van der Waals surface area contributed by atoms with Crippen LogP contribution in [0.25, 0.3) is 0 Å². The summed E-state index contributed by atoms with van der Waals surface area (Å²) in [5.41, 5.74) is 5.19. The number of nitrogens with one attached hydrogen (secondary N) is 1. The Balaban J connectivity index is 3.97. The van der Waals surface area contributed by atoms with E-state index in [2.05, 4.69) is 5.32 Å². The highest BCUT2D eigenvalue weighted by atomic mass is 127. The molecule has 13 heavy (non-hydrogen) atoms. The molecule has 0 bridgehead atoms. The van der Waals surface area contributed by atoms with E-state index in [9.17, 15) is 13.2 Å². The molecule has 6 nitrogen and oxygen atoms in total. The molecule has 0 heterocycles. The van der Waals surface area contributed by atoms with Gasteiger partial charge in [-0.25, -0.2) is 0 Å². The number of amides is 1. The number of hydrogen-bond donors (Lipinski definition) is 3. The van der Waals surface area contributed by atoms with Crippen molar-refractivity contribution in [3.8, 4) is 0 Å². The van der Waals surface area contributed by atoms with Gasteiger partial charge in [0.2, 0.25) is 5.91 Å². The molecule has 8 heteroatoms. The summed E-state index contributed by atoms with van der Waals surface area (Å²) in [5, 5.41) is 2.41. The standard InChI is InChI=1S/C5H11IN2O4S/c6-1-2-8-5(9)4(7)3-13(10,11)12/h4H,1-3,7H2,(H,8,9)(H,10,11,12). The summed E-state index contributed by atoms with van der Waals surface area (Å²) in [5.74, 6) is -1.32. The fourth-order valence-corrected chi connectivity index (χ4v) is 1.48. The fraction of sp³-hybridized carbons (Fsp3) is 0.800. The molecule has 0 radical (unpaired) electrons. The van der Waals surface area contributed by atoms with Crippen LogP contribution in [-0.4, -0.2) is 41.6 Å². The normalized spacial score (nSPS) is 13.8. The van der Waals surface area contributed by atoms with E-state index < -0.39 is 27.8 Å². The fourth-order valence-electron chi connectivity index (χ4n) is 0.604. The maximum Gasteiger partial charge on any atom is 0.266 e. The quantitative estimate of drug-likeness (QED) is 0.333. The average molecular weight is 322 g/mol. The Morgan fingerprint density at radius 1 is 1.62 bits per heavy atom. The Bertz CT molecular complexity index is 266. The van der Waals surface area contributed by atoms with Gasteiger partial charge in [-0.05, 0) is 0 Å². The van der Waals surface area contributed by atoms with E-state index in [0.29, 0.717) is 11.0 Å². The molecule has 0 saturated carbocycles. The van der Waals surface area contributed by atoms with Crippen molar-refractivity contribution in [1.82, 2.24) is 5.32 Å². The van der Waals surface area contributed by atoms with Crippen molar-refractivity contribution >= 4 is 38.6 Å². The van der Waals surface area contributed by atoms with Crippen LogP contribution in [0.5, 0.6) is 0 Å². The van der Waals surface area contributed by atoms with Gasteiger partial charge in [-0.15, -0.1) is 0 Å².